The first kappa shape index (κ1) is 21.8. The molecule has 1 aromatic heterocycles. The van der Waals surface area contributed by atoms with Crippen LogP contribution in [-0.2, 0) is 4.74 Å². The highest BCUT2D eigenvalue weighted by Gasteiger charge is 2.17. The largest absolute Gasteiger partial charge is 0.495 e. The van der Waals surface area contributed by atoms with Gasteiger partial charge in [0.15, 0.2) is 5.75 Å². The van der Waals surface area contributed by atoms with E-state index in [1.807, 2.05) is 12.1 Å². The predicted octanol–water partition coefficient (Wildman–Crippen LogP) is 5.23. The zero-order valence-electron chi connectivity index (χ0n) is 16.7. The summed E-state index contributed by atoms with van der Waals surface area (Å²) < 4.78 is 16.0. The summed E-state index contributed by atoms with van der Waals surface area (Å²) in [6, 6.07) is 9.16. The molecule has 0 aliphatic carbocycles. The van der Waals surface area contributed by atoms with Crippen molar-refractivity contribution < 1.29 is 14.2 Å². The molecule has 7 nitrogen and oxygen atoms in total. The normalized spacial score (nSPS) is 10.5. The van der Waals surface area contributed by atoms with E-state index < -0.39 is 0 Å². The summed E-state index contributed by atoms with van der Waals surface area (Å²) in [6.07, 6.45) is 1.49. The van der Waals surface area contributed by atoms with Crippen LogP contribution in [0.1, 0.15) is 5.56 Å². The summed E-state index contributed by atoms with van der Waals surface area (Å²) in [6.45, 7) is 1.16. The van der Waals surface area contributed by atoms with Gasteiger partial charge in [-0.15, -0.1) is 0 Å². The maximum Gasteiger partial charge on any atom is 0.168 e. The summed E-state index contributed by atoms with van der Waals surface area (Å²) in [5.74, 6) is 1.03. The average Bonchev–Trinajstić information content (AvgIpc) is 2.75. The number of nitrogens with one attached hydrogen (secondary N) is 2. The SMILES string of the molecule is COCCNc1ccc2c(Nc3cc(OC)c(Cl)cc3Cl)c(C#N)cnc2c1OC. The van der Waals surface area contributed by atoms with Crippen LogP contribution in [0.5, 0.6) is 11.5 Å². The quantitative estimate of drug-likeness (QED) is 0.457. The monoisotopic (exact) mass is 446 g/mol. The number of halogens is 2. The van der Waals surface area contributed by atoms with Gasteiger partial charge in [-0.2, -0.15) is 5.26 Å². The number of methoxy groups -OCH3 is 3. The first-order valence-electron chi connectivity index (χ1n) is 8.96. The van der Waals surface area contributed by atoms with Gasteiger partial charge in [-0.1, -0.05) is 23.2 Å². The molecule has 3 rings (SSSR count). The van der Waals surface area contributed by atoms with Crippen molar-refractivity contribution in [3.63, 3.8) is 0 Å². The number of hydrogen-bond donors (Lipinski definition) is 2. The minimum atomic E-state index is 0.356. The summed E-state index contributed by atoms with van der Waals surface area (Å²) >= 11 is 12.5. The van der Waals surface area contributed by atoms with Gasteiger partial charge in [0, 0.05) is 31.3 Å². The maximum atomic E-state index is 9.63. The van der Waals surface area contributed by atoms with Gasteiger partial charge in [-0.05, 0) is 18.2 Å². The number of aromatic nitrogens is 1. The molecule has 0 saturated carbocycles. The highest BCUT2D eigenvalue weighted by molar-refractivity contribution is 6.37. The third kappa shape index (κ3) is 4.31. The maximum absolute atomic E-state index is 9.63. The van der Waals surface area contributed by atoms with Crippen LogP contribution < -0.4 is 20.1 Å². The molecular weight excluding hydrogens is 427 g/mol. The van der Waals surface area contributed by atoms with Gasteiger partial charge in [-0.3, -0.25) is 4.98 Å². The van der Waals surface area contributed by atoms with Crippen LogP contribution >= 0.6 is 23.2 Å². The number of benzene rings is 2. The molecule has 9 heteroatoms. The summed E-state index contributed by atoms with van der Waals surface area (Å²) in [7, 11) is 4.73. The summed E-state index contributed by atoms with van der Waals surface area (Å²) in [5.41, 5.74) is 2.82. The minimum Gasteiger partial charge on any atom is -0.495 e. The van der Waals surface area contributed by atoms with Crippen LogP contribution in [0.15, 0.2) is 30.5 Å². The average molecular weight is 447 g/mol. The zero-order chi connectivity index (χ0) is 21.7. The molecule has 0 aliphatic rings. The van der Waals surface area contributed by atoms with Crippen LogP contribution in [0.25, 0.3) is 10.9 Å². The smallest absolute Gasteiger partial charge is 0.168 e. The first-order chi connectivity index (χ1) is 14.5. The fourth-order valence-corrected chi connectivity index (χ4v) is 3.52. The number of rotatable bonds is 8. The number of fused-ring (bicyclic) bond motifs is 1. The molecule has 0 atom stereocenters. The standard InChI is InChI=1S/C21H20Cl2N4O3/c1-28-7-6-25-16-5-4-13-19(12(10-24)11-26-20(13)21(16)30-3)27-17-9-18(29-2)15(23)8-14(17)22/h4-5,8-9,11,25H,6-7H2,1-3H3,(H,26,27). The van der Waals surface area contributed by atoms with Gasteiger partial charge >= 0.3 is 0 Å². The number of nitriles is 1. The summed E-state index contributed by atoms with van der Waals surface area (Å²) in [5, 5.41) is 17.6. The van der Waals surface area contributed by atoms with E-state index in [0.717, 1.165) is 5.69 Å². The van der Waals surface area contributed by atoms with Crippen molar-refractivity contribution in [2.75, 3.05) is 45.1 Å². The molecule has 1 heterocycles. The van der Waals surface area contributed by atoms with Gasteiger partial charge in [0.05, 0.1) is 53.5 Å². The van der Waals surface area contributed by atoms with Gasteiger partial charge in [0.1, 0.15) is 17.3 Å². The Bertz CT molecular complexity index is 1120. The fraction of sp³-hybridized carbons (Fsp3) is 0.238. The molecule has 3 aromatic rings. The third-order valence-corrected chi connectivity index (χ3v) is 5.05. The number of hydrogen-bond acceptors (Lipinski definition) is 7. The van der Waals surface area contributed by atoms with Crippen molar-refractivity contribution >= 4 is 51.2 Å². The molecule has 30 heavy (non-hydrogen) atoms. The van der Waals surface area contributed by atoms with E-state index in [1.54, 1.807) is 26.4 Å². The molecule has 0 amide bonds. The van der Waals surface area contributed by atoms with E-state index in [-0.39, 0.29) is 0 Å². The number of anilines is 3. The van der Waals surface area contributed by atoms with Crippen molar-refractivity contribution in [3.05, 3.63) is 46.1 Å². The highest BCUT2D eigenvalue weighted by atomic mass is 35.5. The van der Waals surface area contributed by atoms with Crippen molar-refractivity contribution in [3.8, 4) is 17.6 Å². The molecule has 0 radical (unpaired) electrons. The van der Waals surface area contributed by atoms with E-state index >= 15 is 0 Å². The Morgan fingerprint density at radius 1 is 1.07 bits per heavy atom. The van der Waals surface area contributed by atoms with E-state index in [4.69, 9.17) is 37.4 Å². The van der Waals surface area contributed by atoms with Crippen molar-refractivity contribution in [2.45, 2.75) is 0 Å². The second-order valence-corrected chi connectivity index (χ2v) is 7.03. The molecule has 2 N–H and O–H groups in total. The molecule has 0 aliphatic heterocycles. The van der Waals surface area contributed by atoms with Crippen molar-refractivity contribution in [1.29, 1.82) is 5.26 Å². The van der Waals surface area contributed by atoms with Gasteiger partial charge in [0.25, 0.3) is 0 Å². The van der Waals surface area contributed by atoms with Gasteiger partial charge in [0.2, 0.25) is 0 Å². The zero-order valence-corrected chi connectivity index (χ0v) is 18.2. The fourth-order valence-electron chi connectivity index (χ4n) is 3.01. The van der Waals surface area contributed by atoms with Crippen LogP contribution in [0.2, 0.25) is 10.0 Å². The molecular formula is C21H20Cl2N4O3. The van der Waals surface area contributed by atoms with Crippen LogP contribution in [0, 0.1) is 11.3 Å². The van der Waals surface area contributed by atoms with Crippen LogP contribution in [0.4, 0.5) is 17.1 Å². The topological polar surface area (TPSA) is 88.4 Å². The van der Waals surface area contributed by atoms with E-state index in [0.29, 0.717) is 62.5 Å². The van der Waals surface area contributed by atoms with Gasteiger partial charge < -0.3 is 24.8 Å². The van der Waals surface area contributed by atoms with Gasteiger partial charge in [-0.25, -0.2) is 0 Å². The van der Waals surface area contributed by atoms with Crippen LogP contribution in [-0.4, -0.2) is 39.5 Å². The Morgan fingerprint density at radius 3 is 2.53 bits per heavy atom. The van der Waals surface area contributed by atoms with Crippen molar-refractivity contribution in [2.24, 2.45) is 0 Å². The number of pyridine rings is 1. The van der Waals surface area contributed by atoms with E-state index in [1.165, 1.54) is 13.3 Å². The second-order valence-electron chi connectivity index (χ2n) is 6.21. The summed E-state index contributed by atoms with van der Waals surface area (Å²) in [4.78, 5) is 4.45. The molecule has 0 bridgehead atoms. The third-order valence-electron chi connectivity index (χ3n) is 4.44. The lowest BCUT2D eigenvalue weighted by atomic mass is 10.1. The Labute approximate surface area is 184 Å². The molecule has 156 valence electrons. The molecule has 0 unspecified atom stereocenters. The lowest BCUT2D eigenvalue weighted by Crippen LogP contribution is -2.09. The lowest BCUT2D eigenvalue weighted by Gasteiger charge is -2.17. The Kier molecular flexibility index (Phi) is 7.06. The molecule has 0 spiro atoms. The second kappa shape index (κ2) is 9.72. The minimum absolute atomic E-state index is 0.356. The predicted molar refractivity (Wildman–Crippen MR) is 120 cm³/mol. The molecule has 0 saturated heterocycles. The number of ether oxygens (including phenoxy) is 3. The highest BCUT2D eigenvalue weighted by Crippen LogP contribution is 2.40. The Balaban J connectivity index is 2.13. The van der Waals surface area contributed by atoms with Crippen LogP contribution in [0.3, 0.4) is 0 Å². The first-order valence-corrected chi connectivity index (χ1v) is 9.72. The van der Waals surface area contributed by atoms with E-state index in [9.17, 15) is 5.26 Å². The Morgan fingerprint density at radius 2 is 1.87 bits per heavy atom. The molecule has 0 fully saturated rings. The van der Waals surface area contributed by atoms with Crippen molar-refractivity contribution in [1.82, 2.24) is 4.98 Å². The lowest BCUT2D eigenvalue weighted by molar-refractivity contribution is 0.210. The Hall–Kier alpha value is -2.92. The number of nitrogens with zero attached hydrogens (tertiary/aromatic N) is 2. The molecule has 2 aromatic carbocycles. The van der Waals surface area contributed by atoms with E-state index in [2.05, 4.69) is 21.7 Å².